The lowest BCUT2D eigenvalue weighted by molar-refractivity contribution is -0.148. The third kappa shape index (κ3) is 4.46. The lowest BCUT2D eigenvalue weighted by Crippen LogP contribution is -2.29. The summed E-state index contributed by atoms with van der Waals surface area (Å²) in [7, 11) is 1.51. The Morgan fingerprint density at radius 2 is 2.00 bits per heavy atom. The van der Waals surface area contributed by atoms with Crippen molar-refractivity contribution in [2.45, 2.75) is 20.0 Å². The highest BCUT2D eigenvalue weighted by molar-refractivity contribution is 5.97. The molecule has 1 aromatic rings. The molecule has 0 aliphatic heterocycles. The molecule has 0 aliphatic carbocycles. The summed E-state index contributed by atoms with van der Waals surface area (Å²) < 4.78 is 10.0. The van der Waals surface area contributed by atoms with Crippen LogP contribution in [0.4, 0.5) is 5.69 Å². The van der Waals surface area contributed by atoms with Gasteiger partial charge >= 0.3 is 5.97 Å². The molecule has 0 aromatic heterocycles. The number of allylic oxidation sites excluding steroid dienone is 1. The lowest BCUT2D eigenvalue weighted by atomic mass is 10.2. The van der Waals surface area contributed by atoms with Gasteiger partial charge < -0.3 is 14.8 Å². The third-order valence-electron chi connectivity index (χ3n) is 2.33. The molecule has 0 bridgehead atoms. The Bertz CT molecular complexity index is 482. The number of anilines is 1. The number of esters is 1. The summed E-state index contributed by atoms with van der Waals surface area (Å²) in [4.78, 5) is 23.1. The summed E-state index contributed by atoms with van der Waals surface area (Å²) in [6.07, 6.45) is 1.92. The van der Waals surface area contributed by atoms with Crippen molar-refractivity contribution in [1.29, 1.82) is 0 Å². The fraction of sp³-hybridized carbons (Fsp3) is 0.286. The molecule has 1 amide bonds. The van der Waals surface area contributed by atoms with Crippen LogP contribution in [-0.2, 0) is 14.3 Å². The van der Waals surface area contributed by atoms with Crippen LogP contribution in [0.1, 0.15) is 13.8 Å². The number of methoxy groups -OCH3 is 1. The van der Waals surface area contributed by atoms with Crippen LogP contribution in [0.15, 0.2) is 36.4 Å². The minimum absolute atomic E-state index is 0.414. The minimum Gasteiger partial charge on any atom is -0.495 e. The van der Waals surface area contributed by atoms with Gasteiger partial charge in [0.2, 0.25) is 0 Å². The Hall–Kier alpha value is -2.30. The fourth-order valence-corrected chi connectivity index (χ4v) is 1.39. The number of rotatable bonds is 5. The van der Waals surface area contributed by atoms with Crippen LogP contribution >= 0.6 is 0 Å². The molecule has 5 nitrogen and oxygen atoms in total. The van der Waals surface area contributed by atoms with Gasteiger partial charge in [0.05, 0.1) is 12.8 Å². The van der Waals surface area contributed by atoms with Crippen molar-refractivity contribution >= 4 is 17.6 Å². The molecule has 0 heterocycles. The van der Waals surface area contributed by atoms with E-state index in [9.17, 15) is 9.59 Å². The van der Waals surface area contributed by atoms with E-state index in [0.29, 0.717) is 11.4 Å². The van der Waals surface area contributed by atoms with E-state index >= 15 is 0 Å². The maximum atomic E-state index is 11.9. The molecular formula is C14H17NO4. The van der Waals surface area contributed by atoms with Crippen molar-refractivity contribution in [1.82, 2.24) is 0 Å². The second-order valence-corrected chi connectivity index (χ2v) is 3.77. The number of ether oxygens (including phenoxy) is 2. The molecule has 0 saturated heterocycles. The molecule has 0 fully saturated rings. The number of amides is 1. The Balaban J connectivity index is 2.66. The number of hydrogen-bond acceptors (Lipinski definition) is 4. The van der Waals surface area contributed by atoms with Crippen LogP contribution in [0, 0.1) is 0 Å². The summed E-state index contributed by atoms with van der Waals surface area (Å²) in [6.45, 7) is 3.20. The average Bonchev–Trinajstić information content (AvgIpc) is 2.39. The number of carbonyl (C=O) groups is 2. The minimum atomic E-state index is -0.881. The molecule has 5 heteroatoms. The van der Waals surface area contributed by atoms with Gasteiger partial charge in [0.25, 0.3) is 5.91 Å². The van der Waals surface area contributed by atoms with Crippen molar-refractivity contribution in [2.75, 3.05) is 12.4 Å². The summed E-state index contributed by atoms with van der Waals surface area (Å²) in [5.74, 6) is -0.421. The van der Waals surface area contributed by atoms with Gasteiger partial charge in [-0.1, -0.05) is 18.2 Å². The van der Waals surface area contributed by atoms with Crippen LogP contribution in [0.25, 0.3) is 0 Å². The highest BCUT2D eigenvalue weighted by atomic mass is 16.5. The zero-order valence-corrected chi connectivity index (χ0v) is 11.2. The molecule has 19 heavy (non-hydrogen) atoms. The van der Waals surface area contributed by atoms with Gasteiger partial charge in [0.1, 0.15) is 5.75 Å². The van der Waals surface area contributed by atoms with E-state index in [-0.39, 0.29) is 0 Å². The van der Waals surface area contributed by atoms with Crippen LogP contribution < -0.4 is 10.1 Å². The summed E-state index contributed by atoms with van der Waals surface area (Å²) in [5.41, 5.74) is 0.531. The summed E-state index contributed by atoms with van der Waals surface area (Å²) >= 11 is 0. The summed E-state index contributed by atoms with van der Waals surface area (Å²) in [5, 5.41) is 2.64. The zero-order valence-electron chi connectivity index (χ0n) is 11.2. The number of nitrogens with one attached hydrogen (secondary N) is 1. The first-order valence-electron chi connectivity index (χ1n) is 5.85. The van der Waals surface area contributed by atoms with E-state index in [1.165, 1.54) is 20.1 Å². The van der Waals surface area contributed by atoms with Gasteiger partial charge in [-0.3, -0.25) is 4.79 Å². The van der Waals surface area contributed by atoms with E-state index in [1.807, 2.05) is 0 Å². The lowest BCUT2D eigenvalue weighted by Gasteiger charge is -2.14. The molecule has 0 spiro atoms. The second-order valence-electron chi connectivity index (χ2n) is 3.77. The van der Waals surface area contributed by atoms with Gasteiger partial charge in [-0.25, -0.2) is 4.79 Å². The highest BCUT2D eigenvalue weighted by Crippen LogP contribution is 2.23. The van der Waals surface area contributed by atoms with E-state index in [2.05, 4.69) is 5.32 Å². The first-order chi connectivity index (χ1) is 9.08. The largest absolute Gasteiger partial charge is 0.495 e. The number of hydrogen-bond donors (Lipinski definition) is 1. The van der Waals surface area contributed by atoms with E-state index in [4.69, 9.17) is 9.47 Å². The van der Waals surface area contributed by atoms with Crippen molar-refractivity contribution in [3.05, 3.63) is 36.4 Å². The van der Waals surface area contributed by atoms with Crippen molar-refractivity contribution in [3.8, 4) is 5.75 Å². The monoisotopic (exact) mass is 263 g/mol. The number of benzene rings is 1. The normalized spacial score (nSPS) is 11.9. The molecule has 0 saturated carbocycles. The molecule has 0 radical (unpaired) electrons. The molecule has 0 aliphatic rings. The van der Waals surface area contributed by atoms with Gasteiger partial charge in [-0.2, -0.15) is 0 Å². The Morgan fingerprint density at radius 3 is 2.63 bits per heavy atom. The third-order valence-corrected chi connectivity index (χ3v) is 2.33. The maximum absolute atomic E-state index is 11.9. The van der Waals surface area contributed by atoms with E-state index in [0.717, 1.165) is 0 Å². The molecule has 1 atom stereocenters. The Kier molecular flexibility index (Phi) is 5.60. The Morgan fingerprint density at radius 1 is 1.32 bits per heavy atom. The molecule has 1 aromatic carbocycles. The van der Waals surface area contributed by atoms with Gasteiger partial charge in [0, 0.05) is 6.08 Å². The SMILES string of the molecule is C/C=C/C(=O)O[C@@H](C)C(=O)Nc1ccccc1OC. The Labute approximate surface area is 112 Å². The van der Waals surface area contributed by atoms with Gasteiger partial charge in [-0.05, 0) is 26.0 Å². The second kappa shape index (κ2) is 7.20. The standard InChI is InChI=1S/C14H17NO4/c1-4-7-13(16)19-10(2)14(17)15-11-8-5-6-9-12(11)18-3/h4-10H,1-3H3,(H,15,17)/b7-4+/t10-/m0/s1. The average molecular weight is 263 g/mol. The molecule has 0 unspecified atom stereocenters. The predicted octanol–water partition coefficient (Wildman–Crippen LogP) is 2.14. The molecular weight excluding hydrogens is 246 g/mol. The van der Waals surface area contributed by atoms with E-state index in [1.54, 1.807) is 37.3 Å². The van der Waals surface area contributed by atoms with Gasteiger partial charge in [-0.15, -0.1) is 0 Å². The van der Waals surface area contributed by atoms with Crippen molar-refractivity contribution < 1.29 is 19.1 Å². The van der Waals surface area contributed by atoms with Crippen LogP contribution in [0.2, 0.25) is 0 Å². The smallest absolute Gasteiger partial charge is 0.331 e. The maximum Gasteiger partial charge on any atom is 0.331 e. The quantitative estimate of drug-likeness (QED) is 0.653. The first kappa shape index (κ1) is 14.8. The van der Waals surface area contributed by atoms with Gasteiger partial charge in [0.15, 0.2) is 6.10 Å². The van der Waals surface area contributed by atoms with Crippen molar-refractivity contribution in [3.63, 3.8) is 0 Å². The van der Waals surface area contributed by atoms with E-state index < -0.39 is 18.0 Å². The predicted molar refractivity (Wildman–Crippen MR) is 72.0 cm³/mol. The summed E-state index contributed by atoms with van der Waals surface area (Å²) in [6, 6.07) is 7.00. The fourth-order valence-electron chi connectivity index (χ4n) is 1.39. The highest BCUT2D eigenvalue weighted by Gasteiger charge is 2.17. The topological polar surface area (TPSA) is 64.6 Å². The first-order valence-corrected chi connectivity index (χ1v) is 5.85. The van der Waals surface area contributed by atoms with Crippen LogP contribution in [0.5, 0.6) is 5.75 Å². The molecule has 102 valence electrons. The number of carbonyl (C=O) groups excluding carboxylic acids is 2. The number of para-hydroxylation sites is 2. The van der Waals surface area contributed by atoms with Crippen LogP contribution in [0.3, 0.4) is 0 Å². The van der Waals surface area contributed by atoms with Crippen LogP contribution in [-0.4, -0.2) is 25.1 Å². The van der Waals surface area contributed by atoms with Crippen molar-refractivity contribution in [2.24, 2.45) is 0 Å². The molecule has 1 rings (SSSR count). The zero-order chi connectivity index (χ0) is 14.3. The molecule has 1 N–H and O–H groups in total.